The van der Waals surface area contributed by atoms with E-state index in [2.05, 4.69) is 14.8 Å². The molecule has 7 heteroatoms. The highest BCUT2D eigenvalue weighted by Gasteiger charge is 2.43. The summed E-state index contributed by atoms with van der Waals surface area (Å²) in [6.45, 7) is 4.40. The number of pyridine rings is 1. The van der Waals surface area contributed by atoms with Gasteiger partial charge < -0.3 is 20.0 Å². The van der Waals surface area contributed by atoms with E-state index in [4.69, 9.17) is 0 Å². The Kier molecular flexibility index (Phi) is 6.85. The molecule has 1 aromatic heterocycles. The van der Waals surface area contributed by atoms with Gasteiger partial charge >= 0.3 is 0 Å². The van der Waals surface area contributed by atoms with Crippen LogP contribution in [-0.4, -0.2) is 88.4 Å². The Labute approximate surface area is 183 Å². The van der Waals surface area contributed by atoms with Gasteiger partial charge in [-0.2, -0.15) is 0 Å². The molecule has 2 atom stereocenters. The zero-order valence-electron chi connectivity index (χ0n) is 17.9. The first-order chi connectivity index (χ1) is 15.0. The summed E-state index contributed by atoms with van der Waals surface area (Å²) in [5.74, 6) is 1.01. The van der Waals surface area contributed by atoms with Crippen LogP contribution in [0.25, 0.3) is 0 Å². The highest BCUT2D eigenvalue weighted by molar-refractivity contribution is 5.76. The number of carbonyl (C=O) groups is 1. The largest absolute Gasteiger partial charge is 0.388 e. The minimum absolute atomic E-state index is 0.0360. The molecule has 1 amide bonds. The molecule has 2 fully saturated rings. The normalized spacial score (nSPS) is 24.9. The van der Waals surface area contributed by atoms with Crippen molar-refractivity contribution in [2.75, 3.05) is 50.7 Å². The van der Waals surface area contributed by atoms with Gasteiger partial charge in [-0.1, -0.05) is 36.4 Å². The topological polar surface area (TPSA) is 80.1 Å². The van der Waals surface area contributed by atoms with Crippen molar-refractivity contribution in [3.05, 3.63) is 60.3 Å². The molecule has 0 spiro atoms. The Balaban J connectivity index is 1.24. The van der Waals surface area contributed by atoms with Crippen molar-refractivity contribution >= 4 is 11.7 Å². The maximum Gasteiger partial charge on any atom is 0.222 e. The van der Waals surface area contributed by atoms with Crippen LogP contribution in [0.15, 0.2) is 54.7 Å². The molecule has 2 saturated heterocycles. The smallest absolute Gasteiger partial charge is 0.222 e. The van der Waals surface area contributed by atoms with Crippen molar-refractivity contribution in [3.63, 3.8) is 0 Å². The lowest BCUT2D eigenvalue weighted by molar-refractivity contribution is -0.153. The lowest BCUT2D eigenvalue weighted by Crippen LogP contribution is -2.62. The molecule has 2 aliphatic rings. The first kappa shape index (κ1) is 21.7. The predicted molar refractivity (Wildman–Crippen MR) is 120 cm³/mol. The van der Waals surface area contributed by atoms with Crippen LogP contribution in [0.3, 0.4) is 0 Å². The Bertz CT molecular complexity index is 842. The Hall–Kier alpha value is -2.48. The third kappa shape index (κ3) is 5.42. The quantitative estimate of drug-likeness (QED) is 0.725. The van der Waals surface area contributed by atoms with Crippen LogP contribution in [0.1, 0.15) is 18.4 Å². The molecule has 3 heterocycles. The van der Waals surface area contributed by atoms with Crippen molar-refractivity contribution < 1.29 is 15.0 Å². The zero-order chi connectivity index (χ0) is 21.7. The number of benzene rings is 1. The van der Waals surface area contributed by atoms with E-state index in [1.54, 1.807) is 11.1 Å². The van der Waals surface area contributed by atoms with Crippen LogP contribution in [0.5, 0.6) is 0 Å². The van der Waals surface area contributed by atoms with Crippen LogP contribution < -0.4 is 4.90 Å². The zero-order valence-corrected chi connectivity index (χ0v) is 17.9. The number of aryl methyl sites for hydroxylation is 1. The van der Waals surface area contributed by atoms with Crippen molar-refractivity contribution in [2.24, 2.45) is 0 Å². The van der Waals surface area contributed by atoms with Crippen molar-refractivity contribution in [1.29, 1.82) is 0 Å². The fraction of sp³-hybridized carbons (Fsp3) is 0.500. The third-order valence-electron chi connectivity index (χ3n) is 6.49. The molecule has 31 heavy (non-hydrogen) atoms. The van der Waals surface area contributed by atoms with Gasteiger partial charge in [-0.25, -0.2) is 4.98 Å². The highest BCUT2D eigenvalue weighted by atomic mass is 16.3. The minimum atomic E-state index is -1.18. The summed E-state index contributed by atoms with van der Waals surface area (Å²) in [6.07, 6.45) is 2.37. The lowest BCUT2D eigenvalue weighted by atomic mass is 9.87. The number of aromatic nitrogens is 1. The van der Waals surface area contributed by atoms with Crippen LogP contribution in [0.2, 0.25) is 0 Å². The Morgan fingerprint density at radius 1 is 1.03 bits per heavy atom. The molecule has 0 aliphatic carbocycles. The van der Waals surface area contributed by atoms with E-state index >= 15 is 0 Å². The molecule has 166 valence electrons. The van der Waals surface area contributed by atoms with Crippen molar-refractivity contribution in [2.45, 2.75) is 31.0 Å². The van der Waals surface area contributed by atoms with E-state index < -0.39 is 11.7 Å². The summed E-state index contributed by atoms with van der Waals surface area (Å²) < 4.78 is 0. The highest BCUT2D eigenvalue weighted by Crippen LogP contribution is 2.26. The molecule has 7 nitrogen and oxygen atoms in total. The number of hydrogen-bond donors (Lipinski definition) is 2. The summed E-state index contributed by atoms with van der Waals surface area (Å²) in [7, 11) is 0. The summed E-state index contributed by atoms with van der Waals surface area (Å²) >= 11 is 0. The number of carbonyl (C=O) groups excluding carboxylic acids is 1. The van der Waals surface area contributed by atoms with E-state index in [9.17, 15) is 15.0 Å². The number of anilines is 1. The number of nitrogens with zero attached hydrogens (tertiary/aromatic N) is 4. The maximum absolute atomic E-state index is 12.6. The molecule has 0 radical (unpaired) electrons. The van der Waals surface area contributed by atoms with Gasteiger partial charge in [0.15, 0.2) is 0 Å². The molecule has 2 aliphatic heterocycles. The van der Waals surface area contributed by atoms with Crippen LogP contribution >= 0.6 is 0 Å². The standard InChI is InChI=1S/C24H32N4O3/c29-21-18-28(23(30)10-9-20-6-2-1-3-7-20)13-11-24(21,31)19-26-14-16-27(17-15-26)22-8-4-5-12-25-22/h1-8,12,21,29,31H,9-11,13-19H2/t21-,24-/m0/s1. The number of aliphatic hydroxyl groups excluding tert-OH is 1. The third-order valence-corrected chi connectivity index (χ3v) is 6.49. The Morgan fingerprint density at radius 2 is 1.77 bits per heavy atom. The van der Waals surface area contributed by atoms with Gasteiger partial charge in [0.25, 0.3) is 0 Å². The Morgan fingerprint density at radius 3 is 2.45 bits per heavy atom. The van der Waals surface area contributed by atoms with E-state index in [1.165, 1.54) is 0 Å². The van der Waals surface area contributed by atoms with Gasteiger partial charge in [-0.3, -0.25) is 9.69 Å². The molecular formula is C24H32N4O3. The molecule has 2 aromatic rings. The van der Waals surface area contributed by atoms with Crippen molar-refractivity contribution in [3.8, 4) is 0 Å². The summed E-state index contributed by atoms with van der Waals surface area (Å²) in [4.78, 5) is 23.1. The summed E-state index contributed by atoms with van der Waals surface area (Å²) in [5, 5.41) is 21.8. The average molecular weight is 425 g/mol. The molecule has 0 saturated carbocycles. The summed E-state index contributed by atoms with van der Waals surface area (Å²) in [5.41, 5.74) is -0.0432. The van der Waals surface area contributed by atoms with Gasteiger partial charge in [0.05, 0.1) is 0 Å². The van der Waals surface area contributed by atoms with Gasteiger partial charge in [-0.05, 0) is 30.5 Å². The number of hydrogen-bond acceptors (Lipinski definition) is 6. The number of piperazine rings is 1. The fourth-order valence-electron chi connectivity index (χ4n) is 4.49. The van der Waals surface area contributed by atoms with E-state index in [0.717, 1.165) is 37.6 Å². The second kappa shape index (κ2) is 9.77. The molecule has 2 N–H and O–H groups in total. The summed E-state index contributed by atoms with van der Waals surface area (Å²) in [6, 6.07) is 15.9. The van der Waals surface area contributed by atoms with E-state index in [-0.39, 0.29) is 12.5 Å². The minimum Gasteiger partial charge on any atom is -0.388 e. The number of likely N-dealkylation sites (tertiary alicyclic amines) is 1. The van der Waals surface area contributed by atoms with Crippen molar-refractivity contribution in [1.82, 2.24) is 14.8 Å². The van der Waals surface area contributed by atoms with Crippen LogP contribution in [0.4, 0.5) is 5.82 Å². The number of β-amino-alcohol motifs (C(OH)–C–C–N with tert-alkyl or cyclic N) is 2. The van der Waals surface area contributed by atoms with Gasteiger partial charge in [0.1, 0.15) is 17.5 Å². The molecule has 0 unspecified atom stereocenters. The number of piperidine rings is 1. The monoisotopic (exact) mass is 424 g/mol. The first-order valence-corrected chi connectivity index (χ1v) is 11.1. The fourth-order valence-corrected chi connectivity index (χ4v) is 4.49. The molecule has 1 aromatic carbocycles. The maximum atomic E-state index is 12.6. The van der Waals surface area contributed by atoms with Gasteiger partial charge in [0, 0.05) is 58.4 Å². The first-order valence-electron chi connectivity index (χ1n) is 11.1. The van der Waals surface area contributed by atoms with Crippen LogP contribution in [0, 0.1) is 0 Å². The van der Waals surface area contributed by atoms with Crippen LogP contribution in [-0.2, 0) is 11.2 Å². The lowest BCUT2D eigenvalue weighted by Gasteiger charge is -2.46. The SMILES string of the molecule is O=C(CCc1ccccc1)N1CC[C@](O)(CN2CCN(c3ccccn3)CC2)[C@@H](O)C1. The average Bonchev–Trinajstić information content (AvgIpc) is 2.81. The number of amides is 1. The molecule has 0 bridgehead atoms. The second-order valence-electron chi connectivity index (χ2n) is 8.65. The number of rotatable bonds is 6. The van der Waals surface area contributed by atoms with E-state index in [1.807, 2.05) is 48.5 Å². The molecule has 4 rings (SSSR count). The number of aliphatic hydroxyl groups is 2. The molecular weight excluding hydrogens is 392 g/mol. The van der Waals surface area contributed by atoms with Gasteiger partial charge in [0.2, 0.25) is 5.91 Å². The van der Waals surface area contributed by atoms with Gasteiger partial charge in [-0.15, -0.1) is 0 Å². The predicted octanol–water partition coefficient (Wildman–Crippen LogP) is 1.16. The van der Waals surface area contributed by atoms with E-state index in [0.29, 0.717) is 32.4 Å². The second-order valence-corrected chi connectivity index (χ2v) is 8.65.